The molecule has 0 atom stereocenters. The third-order valence-corrected chi connectivity index (χ3v) is 3.69. The normalized spacial score (nSPS) is 10.6. The van der Waals surface area contributed by atoms with Crippen LogP contribution in [0.4, 0.5) is 5.69 Å². The molecule has 0 aliphatic heterocycles. The van der Waals surface area contributed by atoms with Crippen molar-refractivity contribution in [3.8, 4) is 5.69 Å². The molecule has 0 fully saturated rings. The van der Waals surface area contributed by atoms with Gasteiger partial charge in [-0.1, -0.05) is 6.07 Å². The van der Waals surface area contributed by atoms with Crippen molar-refractivity contribution >= 4 is 17.6 Å². The van der Waals surface area contributed by atoms with E-state index in [2.05, 4.69) is 10.4 Å². The van der Waals surface area contributed by atoms with Gasteiger partial charge in [-0.3, -0.25) is 4.79 Å². The lowest BCUT2D eigenvalue weighted by molar-refractivity contribution is 0.0696. The van der Waals surface area contributed by atoms with Crippen LogP contribution < -0.4 is 5.32 Å². The summed E-state index contributed by atoms with van der Waals surface area (Å²) in [6, 6.07) is 8.61. The van der Waals surface area contributed by atoms with Crippen molar-refractivity contribution < 1.29 is 19.1 Å². The highest BCUT2D eigenvalue weighted by atomic mass is 16.4. The topological polar surface area (TPSA) is 97.4 Å². The quantitative estimate of drug-likeness (QED) is 0.768. The van der Waals surface area contributed by atoms with E-state index < -0.39 is 5.97 Å². The first kappa shape index (κ1) is 15.5. The molecule has 7 heteroatoms. The molecule has 0 radical (unpaired) electrons. The highest BCUT2D eigenvalue weighted by Crippen LogP contribution is 2.19. The van der Waals surface area contributed by atoms with E-state index in [0.29, 0.717) is 28.4 Å². The Labute approximate surface area is 137 Å². The Morgan fingerprint density at radius 3 is 2.62 bits per heavy atom. The van der Waals surface area contributed by atoms with E-state index in [4.69, 9.17) is 9.52 Å². The number of carbonyl (C=O) groups excluding carboxylic acids is 1. The molecule has 0 saturated carbocycles. The molecule has 7 nitrogen and oxygen atoms in total. The van der Waals surface area contributed by atoms with Gasteiger partial charge in [-0.15, -0.1) is 0 Å². The number of carboxylic acid groups (broad SMARTS) is 1. The number of aromatic carboxylic acids is 1. The van der Waals surface area contributed by atoms with Gasteiger partial charge in [0.15, 0.2) is 0 Å². The van der Waals surface area contributed by atoms with Crippen LogP contribution in [-0.2, 0) is 0 Å². The second-order valence-corrected chi connectivity index (χ2v) is 5.26. The van der Waals surface area contributed by atoms with E-state index >= 15 is 0 Å². The zero-order chi connectivity index (χ0) is 17.3. The molecular formula is C17H15N3O4. The van der Waals surface area contributed by atoms with Gasteiger partial charge in [-0.25, -0.2) is 9.48 Å². The molecule has 122 valence electrons. The van der Waals surface area contributed by atoms with Crippen molar-refractivity contribution in [1.82, 2.24) is 9.78 Å². The fourth-order valence-corrected chi connectivity index (χ4v) is 2.41. The lowest BCUT2D eigenvalue weighted by Gasteiger charge is -2.09. The van der Waals surface area contributed by atoms with Crippen LogP contribution in [0.5, 0.6) is 0 Å². The molecule has 0 bridgehead atoms. The van der Waals surface area contributed by atoms with Gasteiger partial charge in [0.25, 0.3) is 5.91 Å². The number of aryl methyl sites for hydroxylation is 1. The predicted molar refractivity (Wildman–Crippen MR) is 86.7 cm³/mol. The monoisotopic (exact) mass is 325 g/mol. The Morgan fingerprint density at radius 1 is 1.21 bits per heavy atom. The maximum Gasteiger partial charge on any atom is 0.339 e. The summed E-state index contributed by atoms with van der Waals surface area (Å²) in [5, 5.41) is 16.0. The van der Waals surface area contributed by atoms with E-state index in [1.54, 1.807) is 44.2 Å². The van der Waals surface area contributed by atoms with E-state index in [1.807, 2.05) is 0 Å². The number of amides is 1. The lowest BCUT2D eigenvalue weighted by Crippen LogP contribution is -2.12. The minimum absolute atomic E-state index is 0.137. The first-order chi connectivity index (χ1) is 11.5. The summed E-state index contributed by atoms with van der Waals surface area (Å²) in [6.07, 6.45) is 2.76. The highest BCUT2D eigenvalue weighted by Gasteiger charge is 2.15. The van der Waals surface area contributed by atoms with Crippen molar-refractivity contribution in [3.63, 3.8) is 0 Å². The molecule has 1 aromatic carbocycles. The third kappa shape index (κ3) is 2.79. The molecule has 0 unspecified atom stereocenters. The molecule has 1 amide bonds. The molecule has 2 aromatic heterocycles. The number of hydrogen-bond acceptors (Lipinski definition) is 4. The van der Waals surface area contributed by atoms with E-state index in [0.717, 1.165) is 0 Å². The van der Waals surface area contributed by atoms with Crippen LogP contribution in [-0.4, -0.2) is 26.8 Å². The number of anilines is 1. The minimum Gasteiger partial charge on any atom is -0.478 e. The minimum atomic E-state index is -1.03. The molecule has 0 saturated heterocycles. The van der Waals surface area contributed by atoms with Crippen molar-refractivity contribution in [2.45, 2.75) is 13.8 Å². The molecule has 0 aliphatic rings. The number of hydrogen-bond donors (Lipinski definition) is 2. The summed E-state index contributed by atoms with van der Waals surface area (Å²) >= 11 is 0. The summed E-state index contributed by atoms with van der Waals surface area (Å²) in [5.41, 5.74) is 2.34. The Kier molecular flexibility index (Phi) is 3.91. The van der Waals surface area contributed by atoms with Crippen molar-refractivity contribution in [2.75, 3.05) is 5.32 Å². The lowest BCUT2D eigenvalue weighted by atomic mass is 10.2. The molecule has 2 heterocycles. The third-order valence-electron chi connectivity index (χ3n) is 3.69. The van der Waals surface area contributed by atoms with Crippen LogP contribution in [0.15, 0.2) is 47.2 Å². The smallest absolute Gasteiger partial charge is 0.339 e. The molecule has 0 spiro atoms. The number of aromatic nitrogens is 2. The second kappa shape index (κ2) is 6.04. The van der Waals surface area contributed by atoms with Gasteiger partial charge in [0, 0.05) is 5.69 Å². The fraction of sp³-hybridized carbons (Fsp3) is 0.118. The van der Waals surface area contributed by atoms with Crippen molar-refractivity contribution in [3.05, 3.63) is 65.4 Å². The Morgan fingerprint density at radius 2 is 2.00 bits per heavy atom. The molecule has 2 N–H and O–H groups in total. The van der Waals surface area contributed by atoms with Gasteiger partial charge >= 0.3 is 5.97 Å². The van der Waals surface area contributed by atoms with Crippen LogP contribution in [0.3, 0.4) is 0 Å². The highest BCUT2D eigenvalue weighted by molar-refractivity contribution is 6.05. The maximum atomic E-state index is 12.2. The Hall–Kier alpha value is -3.35. The molecule has 3 rings (SSSR count). The van der Waals surface area contributed by atoms with Crippen LogP contribution in [0, 0.1) is 13.8 Å². The predicted octanol–water partition coefficient (Wildman–Crippen LogP) is 3.03. The number of furan rings is 1. The Balaban J connectivity index is 1.89. The van der Waals surface area contributed by atoms with E-state index in [-0.39, 0.29) is 11.5 Å². The van der Waals surface area contributed by atoms with Crippen LogP contribution in [0.2, 0.25) is 0 Å². The average molecular weight is 325 g/mol. The summed E-state index contributed by atoms with van der Waals surface area (Å²) in [6.45, 7) is 3.39. The number of nitrogens with zero attached hydrogens (tertiary/aromatic N) is 2. The summed E-state index contributed by atoms with van der Waals surface area (Å²) in [7, 11) is 0. The number of carboxylic acids is 1. The Bertz CT molecular complexity index is 924. The fourth-order valence-electron chi connectivity index (χ4n) is 2.41. The summed E-state index contributed by atoms with van der Waals surface area (Å²) in [5.74, 6) is -0.766. The standard InChI is InChI=1S/C17H15N3O4/c1-10-15(17(22)23)9-18-20(10)13-5-3-4-12(8-13)19-16(21)14-6-7-24-11(14)2/h3-9H,1-2H3,(H,19,21)(H,22,23). The van der Waals surface area contributed by atoms with E-state index in [9.17, 15) is 9.59 Å². The van der Waals surface area contributed by atoms with Gasteiger partial charge in [-0.2, -0.15) is 5.10 Å². The van der Waals surface area contributed by atoms with Gasteiger partial charge in [0.05, 0.1) is 29.4 Å². The summed E-state index contributed by atoms with van der Waals surface area (Å²) < 4.78 is 6.64. The van der Waals surface area contributed by atoms with Crippen molar-refractivity contribution in [2.24, 2.45) is 0 Å². The van der Waals surface area contributed by atoms with Crippen LogP contribution in [0.25, 0.3) is 5.69 Å². The largest absolute Gasteiger partial charge is 0.478 e. The molecule has 3 aromatic rings. The average Bonchev–Trinajstić information content (AvgIpc) is 3.13. The molecular weight excluding hydrogens is 310 g/mol. The zero-order valence-corrected chi connectivity index (χ0v) is 13.1. The van der Waals surface area contributed by atoms with Crippen LogP contribution >= 0.6 is 0 Å². The number of nitrogens with one attached hydrogen (secondary N) is 1. The number of benzene rings is 1. The first-order valence-corrected chi connectivity index (χ1v) is 7.21. The SMILES string of the molecule is Cc1occc1C(=O)Nc1cccc(-n2ncc(C(=O)O)c2C)c1. The van der Waals surface area contributed by atoms with Crippen LogP contribution in [0.1, 0.15) is 32.2 Å². The van der Waals surface area contributed by atoms with Gasteiger partial charge < -0.3 is 14.8 Å². The summed E-state index contributed by atoms with van der Waals surface area (Å²) in [4.78, 5) is 23.4. The van der Waals surface area contributed by atoms with Gasteiger partial charge in [0.2, 0.25) is 0 Å². The van der Waals surface area contributed by atoms with Gasteiger partial charge in [0.1, 0.15) is 11.3 Å². The zero-order valence-electron chi connectivity index (χ0n) is 13.1. The molecule has 24 heavy (non-hydrogen) atoms. The van der Waals surface area contributed by atoms with Gasteiger partial charge in [-0.05, 0) is 38.1 Å². The first-order valence-electron chi connectivity index (χ1n) is 7.21. The molecule has 0 aliphatic carbocycles. The second-order valence-electron chi connectivity index (χ2n) is 5.26. The maximum absolute atomic E-state index is 12.2. The number of rotatable bonds is 4. The van der Waals surface area contributed by atoms with Crippen molar-refractivity contribution in [1.29, 1.82) is 0 Å². The van der Waals surface area contributed by atoms with E-state index in [1.165, 1.54) is 17.1 Å². The number of carbonyl (C=O) groups is 2.